The summed E-state index contributed by atoms with van der Waals surface area (Å²) in [5, 5.41) is 3.33. The highest BCUT2D eigenvalue weighted by molar-refractivity contribution is 6.31. The first-order chi connectivity index (χ1) is 13.2. The van der Waals surface area contributed by atoms with Crippen LogP contribution in [0.3, 0.4) is 0 Å². The van der Waals surface area contributed by atoms with Gasteiger partial charge in [0.05, 0.1) is 22.6 Å². The molecule has 0 saturated carbocycles. The Hall–Kier alpha value is -2.93. The van der Waals surface area contributed by atoms with Crippen LogP contribution in [0.15, 0.2) is 47.4 Å². The maximum absolute atomic E-state index is 13.2. The van der Waals surface area contributed by atoms with Gasteiger partial charge in [-0.25, -0.2) is 14.8 Å². The van der Waals surface area contributed by atoms with E-state index in [-0.39, 0.29) is 10.7 Å². The quantitative estimate of drug-likeness (QED) is 0.671. The van der Waals surface area contributed by atoms with Crippen molar-refractivity contribution in [1.82, 2.24) is 19.9 Å². The van der Waals surface area contributed by atoms with Gasteiger partial charge in [-0.05, 0) is 52.0 Å². The minimum absolute atomic E-state index is 0.160. The van der Waals surface area contributed by atoms with Gasteiger partial charge >= 0.3 is 6.09 Å². The molecule has 8 heteroatoms. The molecule has 1 atom stereocenters. The summed E-state index contributed by atoms with van der Waals surface area (Å²) in [7, 11) is 0. The van der Waals surface area contributed by atoms with Crippen molar-refractivity contribution in [1.29, 1.82) is 0 Å². The minimum Gasteiger partial charge on any atom is -0.444 e. The van der Waals surface area contributed by atoms with Crippen molar-refractivity contribution in [3.05, 3.63) is 63.9 Å². The first kappa shape index (κ1) is 19.8. The summed E-state index contributed by atoms with van der Waals surface area (Å²) in [6.45, 7) is 7.05. The summed E-state index contributed by atoms with van der Waals surface area (Å²) in [5.41, 5.74) is -0.0300. The van der Waals surface area contributed by atoms with Gasteiger partial charge in [-0.15, -0.1) is 0 Å². The molecule has 0 aliphatic heterocycles. The van der Waals surface area contributed by atoms with Crippen molar-refractivity contribution in [2.45, 2.75) is 39.3 Å². The molecular weight excluding hydrogens is 380 g/mol. The Labute approximate surface area is 167 Å². The Morgan fingerprint density at radius 3 is 2.61 bits per heavy atom. The van der Waals surface area contributed by atoms with Gasteiger partial charge in [0.15, 0.2) is 5.15 Å². The fourth-order valence-corrected chi connectivity index (χ4v) is 2.97. The van der Waals surface area contributed by atoms with Crippen molar-refractivity contribution in [3.63, 3.8) is 0 Å². The van der Waals surface area contributed by atoms with Crippen LogP contribution in [0.1, 0.15) is 39.6 Å². The fraction of sp³-hybridized carbons (Fsp3) is 0.300. The molecule has 1 amide bonds. The summed E-state index contributed by atoms with van der Waals surface area (Å²) in [6, 6.07) is 9.74. The molecule has 28 heavy (non-hydrogen) atoms. The van der Waals surface area contributed by atoms with E-state index >= 15 is 0 Å². The number of alkyl carbamates (subject to hydrolysis) is 1. The van der Waals surface area contributed by atoms with Crippen molar-refractivity contribution in [2.24, 2.45) is 0 Å². The number of benzene rings is 1. The van der Waals surface area contributed by atoms with Crippen LogP contribution in [0.4, 0.5) is 4.79 Å². The standard InChI is InChI=1S/C20H21ClN4O3/c1-12(23-19(27)28-20(2,3)4)17-24-14-9-6-5-8-13(14)18(26)25(17)15-10-7-11-22-16(15)21/h5-12H,1-4H3,(H,23,27)/t12-/m0/s1. The predicted molar refractivity (Wildman–Crippen MR) is 108 cm³/mol. The zero-order chi connectivity index (χ0) is 20.5. The van der Waals surface area contributed by atoms with Crippen LogP contribution in [0, 0.1) is 0 Å². The van der Waals surface area contributed by atoms with Crippen molar-refractivity contribution in [3.8, 4) is 5.69 Å². The maximum atomic E-state index is 13.2. The number of amides is 1. The molecule has 0 aliphatic rings. The normalized spacial score (nSPS) is 12.6. The summed E-state index contributed by atoms with van der Waals surface area (Å²) < 4.78 is 6.69. The lowest BCUT2D eigenvalue weighted by Gasteiger charge is -2.23. The Morgan fingerprint density at radius 2 is 1.93 bits per heavy atom. The number of halogens is 1. The summed E-state index contributed by atoms with van der Waals surface area (Å²) >= 11 is 6.24. The highest BCUT2D eigenvalue weighted by atomic mass is 35.5. The molecule has 0 fully saturated rings. The fourth-order valence-electron chi connectivity index (χ4n) is 2.77. The number of rotatable bonds is 3. The summed E-state index contributed by atoms with van der Waals surface area (Å²) in [6.07, 6.45) is 0.930. The number of ether oxygens (including phenoxy) is 1. The van der Waals surface area contributed by atoms with Gasteiger partial charge in [-0.1, -0.05) is 23.7 Å². The van der Waals surface area contributed by atoms with Gasteiger partial charge in [0, 0.05) is 6.20 Å². The van der Waals surface area contributed by atoms with Crippen molar-refractivity contribution < 1.29 is 9.53 Å². The number of nitrogens with zero attached hydrogens (tertiary/aromatic N) is 3. The Morgan fingerprint density at radius 1 is 1.21 bits per heavy atom. The number of aromatic nitrogens is 3. The zero-order valence-corrected chi connectivity index (χ0v) is 16.8. The third-order valence-corrected chi connectivity index (χ3v) is 4.19. The van der Waals surface area contributed by atoms with E-state index in [2.05, 4.69) is 15.3 Å². The van der Waals surface area contributed by atoms with Gasteiger partial charge in [-0.2, -0.15) is 0 Å². The van der Waals surface area contributed by atoms with Crippen LogP contribution in [0.5, 0.6) is 0 Å². The smallest absolute Gasteiger partial charge is 0.408 e. The largest absolute Gasteiger partial charge is 0.444 e. The lowest BCUT2D eigenvalue weighted by atomic mass is 10.2. The van der Waals surface area contributed by atoms with Crippen LogP contribution in [0.25, 0.3) is 16.6 Å². The summed E-state index contributed by atoms with van der Waals surface area (Å²) in [4.78, 5) is 34.1. The molecular formula is C20H21ClN4O3. The summed E-state index contributed by atoms with van der Waals surface area (Å²) in [5.74, 6) is 0.324. The molecule has 7 nitrogen and oxygen atoms in total. The average molecular weight is 401 g/mol. The highest BCUT2D eigenvalue weighted by Gasteiger charge is 2.23. The predicted octanol–water partition coefficient (Wildman–Crippen LogP) is 4.02. The van der Waals surface area contributed by atoms with Crippen LogP contribution in [0.2, 0.25) is 5.15 Å². The van der Waals surface area contributed by atoms with Crippen LogP contribution in [-0.2, 0) is 4.74 Å². The van der Waals surface area contributed by atoms with Gasteiger partial charge < -0.3 is 10.1 Å². The third-order valence-electron chi connectivity index (χ3n) is 3.90. The Bertz CT molecular complexity index is 1090. The molecule has 3 aromatic rings. The molecule has 3 rings (SSSR count). The first-order valence-corrected chi connectivity index (χ1v) is 9.17. The molecule has 0 bridgehead atoms. The van der Waals surface area contributed by atoms with Gasteiger partial charge in [0.25, 0.3) is 5.56 Å². The Kier molecular flexibility index (Phi) is 5.38. The number of hydrogen-bond donors (Lipinski definition) is 1. The van der Waals surface area contributed by atoms with Gasteiger partial charge in [-0.3, -0.25) is 9.36 Å². The maximum Gasteiger partial charge on any atom is 0.408 e. The molecule has 0 radical (unpaired) electrons. The lowest BCUT2D eigenvalue weighted by molar-refractivity contribution is 0.0505. The minimum atomic E-state index is -0.646. The SMILES string of the molecule is C[C@H](NC(=O)OC(C)(C)C)c1nc2ccccc2c(=O)n1-c1cccnc1Cl. The molecule has 1 N–H and O–H groups in total. The molecule has 2 heterocycles. The molecule has 0 unspecified atom stereocenters. The average Bonchev–Trinajstić information content (AvgIpc) is 2.61. The Balaban J connectivity index is 2.15. The van der Waals surface area contributed by atoms with Gasteiger partial charge in [0.2, 0.25) is 0 Å². The molecule has 1 aromatic carbocycles. The first-order valence-electron chi connectivity index (χ1n) is 8.79. The van der Waals surface area contributed by atoms with E-state index < -0.39 is 17.7 Å². The number of pyridine rings is 1. The lowest BCUT2D eigenvalue weighted by Crippen LogP contribution is -2.37. The third kappa shape index (κ3) is 4.14. The van der Waals surface area contributed by atoms with E-state index in [1.54, 1.807) is 64.1 Å². The topological polar surface area (TPSA) is 86.1 Å². The number of carbonyl (C=O) groups excluding carboxylic acids is 1. The van der Waals surface area contributed by atoms with Gasteiger partial charge in [0.1, 0.15) is 11.4 Å². The molecule has 0 aliphatic carbocycles. The second-order valence-corrected chi connectivity index (χ2v) is 7.67. The zero-order valence-electron chi connectivity index (χ0n) is 16.1. The van der Waals surface area contributed by atoms with Crippen LogP contribution in [-0.4, -0.2) is 26.2 Å². The molecule has 146 valence electrons. The molecule has 0 spiro atoms. The van der Waals surface area contributed by atoms with E-state index in [9.17, 15) is 9.59 Å². The van der Waals surface area contributed by atoms with E-state index in [1.165, 1.54) is 10.8 Å². The second kappa shape index (κ2) is 7.59. The highest BCUT2D eigenvalue weighted by Crippen LogP contribution is 2.22. The van der Waals surface area contributed by atoms with Crippen LogP contribution < -0.4 is 10.9 Å². The van der Waals surface area contributed by atoms with E-state index in [0.29, 0.717) is 22.4 Å². The monoisotopic (exact) mass is 400 g/mol. The van der Waals surface area contributed by atoms with Crippen molar-refractivity contribution >= 4 is 28.6 Å². The number of nitrogens with one attached hydrogen (secondary N) is 1. The van der Waals surface area contributed by atoms with Crippen molar-refractivity contribution in [2.75, 3.05) is 0 Å². The molecule has 2 aromatic heterocycles. The van der Waals surface area contributed by atoms with Crippen LogP contribution >= 0.6 is 11.6 Å². The second-order valence-electron chi connectivity index (χ2n) is 7.31. The number of fused-ring (bicyclic) bond motifs is 1. The molecule has 0 saturated heterocycles. The number of hydrogen-bond acceptors (Lipinski definition) is 5. The number of carbonyl (C=O) groups is 1. The van der Waals surface area contributed by atoms with E-state index in [0.717, 1.165) is 0 Å². The van der Waals surface area contributed by atoms with E-state index in [4.69, 9.17) is 16.3 Å². The number of para-hydroxylation sites is 1. The van der Waals surface area contributed by atoms with E-state index in [1.807, 2.05) is 0 Å².